The zero-order valence-electron chi connectivity index (χ0n) is 10.1. The van der Waals surface area contributed by atoms with Crippen molar-refractivity contribution in [3.05, 3.63) is 29.6 Å². The number of aromatic nitrogens is 2. The molecule has 0 radical (unpaired) electrons. The van der Waals surface area contributed by atoms with Crippen LogP contribution in [0.2, 0.25) is 0 Å². The van der Waals surface area contributed by atoms with Gasteiger partial charge < -0.3 is 4.74 Å². The van der Waals surface area contributed by atoms with Crippen molar-refractivity contribution in [2.75, 3.05) is 7.11 Å². The van der Waals surface area contributed by atoms with Gasteiger partial charge in [0.05, 0.1) is 18.3 Å². The average Bonchev–Trinajstić information content (AvgIpc) is 2.27. The first-order valence-electron chi connectivity index (χ1n) is 5.43. The third-order valence-electron chi connectivity index (χ3n) is 2.59. The Morgan fingerprint density at radius 3 is 2.62 bits per heavy atom. The Balaban J connectivity index is 2.71. The van der Waals surface area contributed by atoms with Crippen molar-refractivity contribution in [3.8, 4) is 5.75 Å². The molecule has 2 rings (SSSR count). The molecule has 0 amide bonds. The lowest BCUT2D eigenvalue weighted by Crippen LogP contribution is -1.97. The molecule has 0 N–H and O–H groups in total. The maximum absolute atomic E-state index is 5.34. The van der Waals surface area contributed by atoms with Gasteiger partial charge in [0.25, 0.3) is 0 Å². The van der Waals surface area contributed by atoms with Crippen molar-refractivity contribution in [1.82, 2.24) is 9.97 Å². The molecule has 0 aliphatic heterocycles. The van der Waals surface area contributed by atoms with Crippen LogP contribution in [0.15, 0.2) is 18.3 Å². The number of nitrogens with zero attached hydrogens (tertiary/aromatic N) is 2. The molecule has 0 fully saturated rings. The minimum absolute atomic E-state index is 0.378. The van der Waals surface area contributed by atoms with Crippen molar-refractivity contribution >= 4 is 11.0 Å². The standard InChI is InChI=1S/C13H16N2O/c1-8(2)11-7-14-10-5-9(3)6-12(16-4)13(10)15-11/h5-8H,1-4H3. The summed E-state index contributed by atoms with van der Waals surface area (Å²) in [6, 6.07) is 4.01. The summed E-state index contributed by atoms with van der Waals surface area (Å²) in [5.41, 5.74) is 3.87. The van der Waals surface area contributed by atoms with Crippen LogP contribution in [0, 0.1) is 6.92 Å². The number of hydrogen-bond donors (Lipinski definition) is 0. The van der Waals surface area contributed by atoms with Crippen molar-refractivity contribution in [1.29, 1.82) is 0 Å². The van der Waals surface area contributed by atoms with Crippen LogP contribution in [0.5, 0.6) is 5.75 Å². The molecule has 0 saturated carbocycles. The molecule has 2 aromatic rings. The van der Waals surface area contributed by atoms with Gasteiger partial charge in [-0.1, -0.05) is 13.8 Å². The van der Waals surface area contributed by atoms with Gasteiger partial charge in [-0.3, -0.25) is 4.98 Å². The molecular formula is C13H16N2O. The smallest absolute Gasteiger partial charge is 0.146 e. The highest BCUT2D eigenvalue weighted by Crippen LogP contribution is 2.25. The first-order valence-corrected chi connectivity index (χ1v) is 5.43. The molecule has 0 atom stereocenters. The van der Waals surface area contributed by atoms with Crippen LogP contribution in [0.3, 0.4) is 0 Å². The summed E-state index contributed by atoms with van der Waals surface area (Å²) in [7, 11) is 1.66. The molecule has 3 nitrogen and oxygen atoms in total. The number of hydrogen-bond acceptors (Lipinski definition) is 3. The van der Waals surface area contributed by atoms with Crippen LogP contribution < -0.4 is 4.74 Å². The molecule has 0 saturated heterocycles. The molecule has 0 unspecified atom stereocenters. The first-order chi connectivity index (χ1) is 7.61. The highest BCUT2D eigenvalue weighted by atomic mass is 16.5. The van der Waals surface area contributed by atoms with E-state index < -0.39 is 0 Å². The molecule has 1 aromatic carbocycles. The first kappa shape index (κ1) is 10.9. The second kappa shape index (κ2) is 4.08. The number of aryl methyl sites for hydroxylation is 1. The summed E-state index contributed by atoms with van der Waals surface area (Å²) in [5.74, 6) is 1.17. The molecule has 0 bridgehead atoms. The van der Waals surface area contributed by atoms with Crippen LogP contribution in [0.1, 0.15) is 31.0 Å². The fourth-order valence-corrected chi connectivity index (χ4v) is 1.67. The van der Waals surface area contributed by atoms with E-state index in [4.69, 9.17) is 4.74 Å². The van der Waals surface area contributed by atoms with Crippen molar-refractivity contribution < 1.29 is 4.74 Å². The van der Waals surface area contributed by atoms with Gasteiger partial charge >= 0.3 is 0 Å². The van der Waals surface area contributed by atoms with Crippen molar-refractivity contribution in [2.45, 2.75) is 26.7 Å². The highest BCUT2D eigenvalue weighted by Gasteiger charge is 2.08. The molecule has 0 spiro atoms. The molecule has 3 heteroatoms. The van der Waals surface area contributed by atoms with E-state index >= 15 is 0 Å². The van der Waals surface area contributed by atoms with Gasteiger partial charge in [-0.05, 0) is 30.5 Å². The van der Waals surface area contributed by atoms with Gasteiger partial charge in [-0.15, -0.1) is 0 Å². The summed E-state index contributed by atoms with van der Waals surface area (Å²) in [4.78, 5) is 9.03. The zero-order chi connectivity index (χ0) is 11.7. The van der Waals surface area contributed by atoms with Crippen molar-refractivity contribution in [2.24, 2.45) is 0 Å². The normalized spacial score (nSPS) is 11.1. The third kappa shape index (κ3) is 1.85. The summed E-state index contributed by atoms with van der Waals surface area (Å²) in [6.07, 6.45) is 1.84. The zero-order valence-corrected chi connectivity index (χ0v) is 10.1. The predicted octanol–water partition coefficient (Wildman–Crippen LogP) is 3.07. The van der Waals surface area contributed by atoms with E-state index in [9.17, 15) is 0 Å². The van der Waals surface area contributed by atoms with Gasteiger partial charge in [0.2, 0.25) is 0 Å². The van der Waals surface area contributed by atoms with E-state index in [1.54, 1.807) is 7.11 Å². The summed E-state index contributed by atoms with van der Waals surface area (Å²) < 4.78 is 5.34. The second-order valence-corrected chi connectivity index (χ2v) is 4.28. The largest absolute Gasteiger partial charge is 0.494 e. The fraction of sp³-hybridized carbons (Fsp3) is 0.385. The molecule has 16 heavy (non-hydrogen) atoms. The lowest BCUT2D eigenvalue weighted by molar-refractivity contribution is 0.418. The van der Waals surface area contributed by atoms with E-state index in [2.05, 4.69) is 23.8 Å². The van der Waals surface area contributed by atoms with Crippen molar-refractivity contribution in [3.63, 3.8) is 0 Å². The van der Waals surface area contributed by atoms with Crippen LogP contribution in [0.4, 0.5) is 0 Å². The van der Waals surface area contributed by atoms with E-state index in [0.29, 0.717) is 5.92 Å². The molecule has 1 aromatic heterocycles. The lowest BCUT2D eigenvalue weighted by atomic mass is 10.1. The molecule has 84 valence electrons. The number of rotatable bonds is 2. The molecule has 1 heterocycles. The quantitative estimate of drug-likeness (QED) is 0.773. The predicted molar refractivity (Wildman–Crippen MR) is 64.9 cm³/mol. The van der Waals surface area contributed by atoms with Gasteiger partial charge in [0.1, 0.15) is 11.3 Å². The monoisotopic (exact) mass is 216 g/mol. The molecule has 0 aliphatic rings. The minimum Gasteiger partial charge on any atom is -0.494 e. The van der Waals surface area contributed by atoms with Crippen LogP contribution in [-0.2, 0) is 0 Å². The maximum atomic E-state index is 5.34. The topological polar surface area (TPSA) is 35.0 Å². The minimum atomic E-state index is 0.378. The van der Waals surface area contributed by atoms with E-state index in [-0.39, 0.29) is 0 Å². The Morgan fingerprint density at radius 2 is 2.00 bits per heavy atom. The Hall–Kier alpha value is -1.64. The van der Waals surface area contributed by atoms with E-state index in [1.165, 1.54) is 0 Å². The Kier molecular flexibility index (Phi) is 2.77. The van der Waals surface area contributed by atoms with Gasteiger partial charge in [0.15, 0.2) is 0 Å². The number of benzene rings is 1. The number of fused-ring (bicyclic) bond motifs is 1. The number of methoxy groups -OCH3 is 1. The highest BCUT2D eigenvalue weighted by molar-refractivity contribution is 5.81. The fourth-order valence-electron chi connectivity index (χ4n) is 1.67. The molecular weight excluding hydrogens is 200 g/mol. The van der Waals surface area contributed by atoms with Crippen LogP contribution >= 0.6 is 0 Å². The third-order valence-corrected chi connectivity index (χ3v) is 2.59. The van der Waals surface area contributed by atoms with Gasteiger partial charge in [0, 0.05) is 6.20 Å². The maximum Gasteiger partial charge on any atom is 0.146 e. The summed E-state index contributed by atoms with van der Waals surface area (Å²) in [5, 5.41) is 0. The van der Waals surface area contributed by atoms with Crippen LogP contribution in [-0.4, -0.2) is 17.1 Å². The summed E-state index contributed by atoms with van der Waals surface area (Å²) >= 11 is 0. The van der Waals surface area contributed by atoms with Gasteiger partial charge in [-0.25, -0.2) is 4.98 Å². The molecule has 0 aliphatic carbocycles. The summed E-state index contributed by atoms with van der Waals surface area (Å²) in [6.45, 7) is 6.24. The Morgan fingerprint density at radius 1 is 1.25 bits per heavy atom. The SMILES string of the molecule is COc1cc(C)cc2ncc(C(C)C)nc12. The Bertz CT molecular complexity index is 521. The van der Waals surface area contributed by atoms with E-state index in [1.807, 2.05) is 25.3 Å². The number of ether oxygens (including phenoxy) is 1. The van der Waals surface area contributed by atoms with E-state index in [0.717, 1.165) is 28.0 Å². The van der Waals surface area contributed by atoms with Gasteiger partial charge in [-0.2, -0.15) is 0 Å². The second-order valence-electron chi connectivity index (χ2n) is 4.28. The average molecular weight is 216 g/mol. The Labute approximate surface area is 95.5 Å². The lowest BCUT2D eigenvalue weighted by Gasteiger charge is -2.09. The van der Waals surface area contributed by atoms with Crippen LogP contribution in [0.25, 0.3) is 11.0 Å².